The number of nitrogens with one attached hydrogen (secondary N) is 1. The number of ether oxygens (including phenoxy) is 2. The minimum absolute atomic E-state index is 0.00540. The highest BCUT2D eigenvalue weighted by Gasteiger charge is 2.26. The summed E-state index contributed by atoms with van der Waals surface area (Å²) in [4.78, 5) is 37.3. The number of nitrogens with two attached hydrogens (primary N) is 1. The van der Waals surface area contributed by atoms with E-state index in [-0.39, 0.29) is 39.8 Å². The Kier molecular flexibility index (Phi) is 9.41. The van der Waals surface area contributed by atoms with Crippen molar-refractivity contribution in [1.82, 2.24) is 14.8 Å². The van der Waals surface area contributed by atoms with Crippen molar-refractivity contribution in [1.29, 1.82) is 0 Å². The molecule has 39 heavy (non-hydrogen) atoms. The van der Waals surface area contributed by atoms with Crippen LogP contribution in [0.4, 0.5) is 5.00 Å². The molecule has 0 atom stereocenters. The van der Waals surface area contributed by atoms with Gasteiger partial charge in [0.05, 0.1) is 28.9 Å². The molecule has 10 nitrogen and oxygen atoms in total. The van der Waals surface area contributed by atoms with Crippen LogP contribution < -0.4 is 15.8 Å². The second kappa shape index (κ2) is 12.9. The van der Waals surface area contributed by atoms with Gasteiger partial charge in [0.1, 0.15) is 10.8 Å². The number of esters is 1. The van der Waals surface area contributed by atoms with Crippen LogP contribution in [0.5, 0.6) is 5.75 Å². The van der Waals surface area contributed by atoms with E-state index in [0.717, 1.165) is 35.5 Å². The summed E-state index contributed by atoms with van der Waals surface area (Å²) in [6, 6.07) is 7.76. The summed E-state index contributed by atoms with van der Waals surface area (Å²) in [7, 11) is 0. The highest BCUT2D eigenvalue weighted by atomic mass is 32.2. The Morgan fingerprint density at radius 2 is 1.95 bits per heavy atom. The van der Waals surface area contributed by atoms with Crippen LogP contribution in [0.2, 0.25) is 0 Å². The molecule has 0 radical (unpaired) electrons. The predicted octanol–water partition coefficient (Wildman–Crippen LogP) is 4.83. The third-order valence-electron chi connectivity index (χ3n) is 6.18. The normalized spacial score (nSPS) is 13.3. The van der Waals surface area contributed by atoms with Crippen LogP contribution in [0, 0.1) is 6.92 Å². The molecule has 1 aliphatic carbocycles. The first-order chi connectivity index (χ1) is 18.8. The number of carbonyl (C=O) groups excluding carboxylic acids is 3. The molecule has 2 heterocycles. The maximum atomic E-state index is 12.8. The van der Waals surface area contributed by atoms with E-state index in [0.29, 0.717) is 23.1 Å². The van der Waals surface area contributed by atoms with Crippen LogP contribution in [0.25, 0.3) is 11.4 Å². The van der Waals surface area contributed by atoms with Gasteiger partial charge < -0.3 is 20.5 Å². The van der Waals surface area contributed by atoms with Gasteiger partial charge >= 0.3 is 5.97 Å². The second-order valence-corrected chi connectivity index (χ2v) is 10.9. The molecule has 2 aromatic heterocycles. The summed E-state index contributed by atoms with van der Waals surface area (Å²) >= 11 is 2.15. The van der Waals surface area contributed by atoms with Crippen LogP contribution in [-0.2, 0) is 16.1 Å². The Morgan fingerprint density at radius 3 is 2.59 bits per heavy atom. The minimum Gasteiger partial charge on any atom is -0.490 e. The Hall–Kier alpha value is -3.64. The van der Waals surface area contributed by atoms with Crippen LogP contribution >= 0.6 is 23.1 Å². The van der Waals surface area contributed by atoms with E-state index >= 15 is 0 Å². The lowest BCUT2D eigenvalue weighted by Gasteiger charge is -2.13. The lowest BCUT2D eigenvalue weighted by atomic mass is 10.1. The van der Waals surface area contributed by atoms with E-state index in [2.05, 4.69) is 22.1 Å². The van der Waals surface area contributed by atoms with Crippen molar-refractivity contribution in [3.05, 3.63) is 52.9 Å². The van der Waals surface area contributed by atoms with Crippen molar-refractivity contribution < 1.29 is 23.9 Å². The molecule has 1 aromatic carbocycles. The summed E-state index contributed by atoms with van der Waals surface area (Å²) in [6.45, 7) is 7.71. The fraction of sp³-hybridized carbons (Fsp3) is 0.370. The molecule has 206 valence electrons. The zero-order valence-electron chi connectivity index (χ0n) is 21.9. The minimum atomic E-state index is -0.680. The average Bonchev–Trinajstić information content (AvgIpc) is 3.63. The maximum Gasteiger partial charge on any atom is 0.341 e. The molecule has 0 spiro atoms. The van der Waals surface area contributed by atoms with Crippen LogP contribution in [-0.4, -0.2) is 51.0 Å². The van der Waals surface area contributed by atoms with E-state index in [4.69, 9.17) is 15.2 Å². The topological polar surface area (TPSA) is 138 Å². The van der Waals surface area contributed by atoms with Gasteiger partial charge in [-0.05, 0) is 69.4 Å². The molecule has 1 fully saturated rings. The van der Waals surface area contributed by atoms with E-state index in [1.54, 1.807) is 19.9 Å². The largest absolute Gasteiger partial charge is 0.490 e. The predicted molar refractivity (Wildman–Crippen MR) is 151 cm³/mol. The first-order valence-corrected chi connectivity index (χ1v) is 14.5. The molecular formula is C27H31N5O5S2. The lowest BCUT2D eigenvalue weighted by Crippen LogP contribution is -2.17. The zero-order chi connectivity index (χ0) is 27.9. The third-order valence-corrected chi connectivity index (χ3v) is 8.37. The molecule has 4 rings (SSSR count). The molecule has 3 aromatic rings. The van der Waals surface area contributed by atoms with Gasteiger partial charge in [0.25, 0.3) is 5.91 Å². The number of thioether (sulfide) groups is 1. The van der Waals surface area contributed by atoms with Crippen LogP contribution in [0.3, 0.4) is 0 Å². The van der Waals surface area contributed by atoms with Crippen molar-refractivity contribution in [2.75, 3.05) is 17.7 Å². The maximum absolute atomic E-state index is 12.8. The molecule has 1 saturated carbocycles. The third kappa shape index (κ3) is 6.69. The number of rotatable bonds is 12. The molecule has 0 aliphatic heterocycles. The summed E-state index contributed by atoms with van der Waals surface area (Å²) < 4.78 is 13.0. The summed E-state index contributed by atoms with van der Waals surface area (Å²) in [5, 5.41) is 12.1. The first-order valence-electron chi connectivity index (χ1n) is 12.7. The molecule has 1 aliphatic rings. The molecule has 12 heteroatoms. The van der Waals surface area contributed by atoms with Gasteiger partial charge in [0.15, 0.2) is 11.0 Å². The number of aromatic nitrogens is 3. The van der Waals surface area contributed by atoms with Crippen LogP contribution in [0.15, 0.2) is 42.1 Å². The van der Waals surface area contributed by atoms with Gasteiger partial charge in [0, 0.05) is 12.1 Å². The number of benzene rings is 1. The Bertz CT molecular complexity index is 1360. The van der Waals surface area contributed by atoms with E-state index in [1.807, 2.05) is 28.8 Å². The summed E-state index contributed by atoms with van der Waals surface area (Å²) in [5.74, 6) is -0.218. The number of thiophene rings is 1. The van der Waals surface area contributed by atoms with Gasteiger partial charge in [0.2, 0.25) is 5.91 Å². The van der Waals surface area contributed by atoms with E-state index < -0.39 is 11.9 Å². The number of allylic oxidation sites excluding steroid dienone is 1. The van der Waals surface area contributed by atoms with Gasteiger partial charge in [-0.25, -0.2) is 4.79 Å². The Labute approximate surface area is 235 Å². The number of carbonyl (C=O) groups is 3. The fourth-order valence-electron chi connectivity index (χ4n) is 4.36. The summed E-state index contributed by atoms with van der Waals surface area (Å²) in [5.41, 5.74) is 6.82. The number of nitrogens with zero attached hydrogens (tertiary/aromatic N) is 3. The quantitative estimate of drug-likeness (QED) is 0.180. The van der Waals surface area contributed by atoms with Crippen molar-refractivity contribution in [3.8, 4) is 17.1 Å². The van der Waals surface area contributed by atoms with Crippen molar-refractivity contribution in [2.45, 2.75) is 57.3 Å². The smallest absolute Gasteiger partial charge is 0.341 e. The Morgan fingerprint density at radius 1 is 1.23 bits per heavy atom. The number of anilines is 1. The monoisotopic (exact) mass is 569 g/mol. The van der Waals surface area contributed by atoms with Crippen molar-refractivity contribution in [2.24, 2.45) is 5.73 Å². The van der Waals surface area contributed by atoms with Gasteiger partial charge in [-0.3, -0.25) is 14.2 Å². The highest BCUT2D eigenvalue weighted by Crippen LogP contribution is 2.34. The number of hydrogen-bond donors (Lipinski definition) is 2. The SMILES string of the molecule is C=CCn1c(SCC(=O)Nc2sc(C(N)=O)c(C)c2C(=O)OCC)nnc1-c1ccc(OC2CCCC2)cc1. The molecule has 3 N–H and O–H groups in total. The molecule has 0 bridgehead atoms. The number of primary amides is 1. The average molecular weight is 570 g/mol. The van der Waals surface area contributed by atoms with Gasteiger partial charge in [-0.2, -0.15) is 0 Å². The van der Waals surface area contributed by atoms with Crippen molar-refractivity contribution in [3.63, 3.8) is 0 Å². The van der Waals surface area contributed by atoms with Crippen molar-refractivity contribution >= 4 is 45.9 Å². The zero-order valence-corrected chi connectivity index (χ0v) is 23.5. The molecular weight excluding hydrogens is 538 g/mol. The lowest BCUT2D eigenvalue weighted by molar-refractivity contribution is -0.113. The first kappa shape index (κ1) is 28.4. The highest BCUT2D eigenvalue weighted by molar-refractivity contribution is 7.99. The Balaban J connectivity index is 1.46. The summed E-state index contributed by atoms with van der Waals surface area (Å²) in [6.07, 6.45) is 6.61. The van der Waals surface area contributed by atoms with E-state index in [9.17, 15) is 14.4 Å². The second-order valence-electron chi connectivity index (χ2n) is 8.94. The van der Waals surface area contributed by atoms with Gasteiger partial charge in [-0.1, -0.05) is 17.8 Å². The standard InChI is InChI=1S/C27H31N5O5S2/c1-4-14-32-24(17-10-12-19(13-11-17)37-18-8-6-7-9-18)30-31-27(32)38-15-20(33)29-25-21(26(35)36-5-2)16(3)22(39-25)23(28)34/h4,10-13,18H,1,5-9,14-15H2,2-3H3,(H2,28,34)(H,29,33). The molecule has 2 amide bonds. The van der Waals surface area contributed by atoms with E-state index in [1.165, 1.54) is 24.6 Å². The molecule has 0 saturated heterocycles. The number of hydrogen-bond acceptors (Lipinski definition) is 9. The number of amides is 2. The molecule has 0 unspecified atom stereocenters. The van der Waals surface area contributed by atoms with Crippen LogP contribution in [0.1, 0.15) is 58.2 Å². The van der Waals surface area contributed by atoms with Gasteiger partial charge in [-0.15, -0.1) is 28.1 Å². The fourth-order valence-corrected chi connectivity index (χ4v) is 6.17.